The number of nitrogens with zero attached hydrogens (tertiary/aromatic N) is 4. The number of piperazine rings is 1. The standard InChI is InChI=1S/C25H31N5O4S/c1-19-6-7-20(2)22(17-19)35(33,34)30-15-13-28(14-16-30)25(32)9-8-24(31)26-11-10-21-18-29-12-4-3-5-23(29)27-21/h3-7,12,17-18H,8-11,13-16H2,1-2H3,(H,26,31). The molecule has 186 valence electrons. The third-order valence-electron chi connectivity index (χ3n) is 6.24. The van der Waals surface area contributed by atoms with Gasteiger partial charge in [0.25, 0.3) is 0 Å². The average Bonchev–Trinajstić information content (AvgIpc) is 3.27. The number of nitrogens with one attached hydrogen (secondary N) is 1. The molecule has 3 aromatic rings. The molecule has 0 unspecified atom stereocenters. The molecule has 1 fully saturated rings. The first-order valence-electron chi connectivity index (χ1n) is 11.8. The van der Waals surface area contributed by atoms with Crippen LogP contribution in [0.2, 0.25) is 0 Å². The SMILES string of the molecule is Cc1ccc(C)c(S(=O)(=O)N2CCN(C(=O)CCC(=O)NCCc3cn4ccccc4n3)CC2)c1. The molecule has 2 amide bonds. The third kappa shape index (κ3) is 5.88. The van der Waals surface area contributed by atoms with Gasteiger partial charge in [-0.2, -0.15) is 4.31 Å². The molecule has 1 aliphatic rings. The van der Waals surface area contributed by atoms with Gasteiger partial charge < -0.3 is 14.6 Å². The average molecular weight is 498 g/mol. The predicted molar refractivity (Wildman–Crippen MR) is 132 cm³/mol. The van der Waals surface area contributed by atoms with Crippen molar-refractivity contribution in [3.63, 3.8) is 0 Å². The van der Waals surface area contributed by atoms with E-state index in [-0.39, 0.29) is 37.7 Å². The van der Waals surface area contributed by atoms with E-state index in [9.17, 15) is 18.0 Å². The number of pyridine rings is 1. The Hall–Kier alpha value is -3.24. The second kappa shape index (κ2) is 10.6. The second-order valence-corrected chi connectivity index (χ2v) is 10.8. The van der Waals surface area contributed by atoms with Gasteiger partial charge in [-0.25, -0.2) is 13.4 Å². The molecule has 1 aromatic carbocycles. The fourth-order valence-corrected chi connectivity index (χ4v) is 5.94. The van der Waals surface area contributed by atoms with E-state index in [0.717, 1.165) is 16.9 Å². The molecule has 1 N–H and O–H groups in total. The molecule has 0 bridgehead atoms. The van der Waals surface area contributed by atoms with Crippen LogP contribution in [0, 0.1) is 13.8 Å². The van der Waals surface area contributed by atoms with Crippen LogP contribution in [0.15, 0.2) is 53.7 Å². The van der Waals surface area contributed by atoms with Gasteiger partial charge in [-0.15, -0.1) is 0 Å². The lowest BCUT2D eigenvalue weighted by atomic mass is 10.2. The van der Waals surface area contributed by atoms with Crippen molar-refractivity contribution in [2.75, 3.05) is 32.7 Å². The number of benzene rings is 1. The summed E-state index contributed by atoms with van der Waals surface area (Å²) in [4.78, 5) is 31.2. The molecular formula is C25H31N5O4S. The number of sulfonamides is 1. The van der Waals surface area contributed by atoms with Gasteiger partial charge in [-0.3, -0.25) is 9.59 Å². The highest BCUT2D eigenvalue weighted by Crippen LogP contribution is 2.22. The number of carbonyl (C=O) groups is 2. The van der Waals surface area contributed by atoms with Crippen LogP contribution in [-0.4, -0.2) is 71.5 Å². The van der Waals surface area contributed by atoms with Crippen LogP contribution in [0.25, 0.3) is 5.65 Å². The van der Waals surface area contributed by atoms with Crippen LogP contribution in [0.4, 0.5) is 0 Å². The largest absolute Gasteiger partial charge is 0.356 e. The van der Waals surface area contributed by atoms with Crippen molar-refractivity contribution in [3.05, 3.63) is 65.6 Å². The molecule has 9 nitrogen and oxygen atoms in total. The van der Waals surface area contributed by atoms with E-state index >= 15 is 0 Å². The van der Waals surface area contributed by atoms with Gasteiger partial charge >= 0.3 is 0 Å². The Labute approximate surface area is 205 Å². The van der Waals surface area contributed by atoms with Gasteiger partial charge in [0.15, 0.2) is 0 Å². The van der Waals surface area contributed by atoms with Crippen LogP contribution >= 0.6 is 0 Å². The number of rotatable bonds is 8. The van der Waals surface area contributed by atoms with Crippen LogP contribution < -0.4 is 5.32 Å². The van der Waals surface area contributed by atoms with Gasteiger partial charge in [0, 0.05) is 64.4 Å². The van der Waals surface area contributed by atoms with Crippen molar-refractivity contribution >= 4 is 27.5 Å². The zero-order valence-corrected chi connectivity index (χ0v) is 20.9. The number of imidazole rings is 1. The molecule has 1 aliphatic heterocycles. The Kier molecular flexibility index (Phi) is 7.51. The zero-order chi connectivity index (χ0) is 25.0. The molecule has 0 saturated carbocycles. The topological polar surface area (TPSA) is 104 Å². The summed E-state index contributed by atoms with van der Waals surface area (Å²) >= 11 is 0. The van der Waals surface area contributed by atoms with E-state index in [2.05, 4.69) is 10.3 Å². The van der Waals surface area contributed by atoms with E-state index in [1.54, 1.807) is 17.9 Å². The molecule has 1 saturated heterocycles. The number of carbonyl (C=O) groups excluding carboxylic acids is 2. The smallest absolute Gasteiger partial charge is 0.243 e. The summed E-state index contributed by atoms with van der Waals surface area (Å²) in [5.74, 6) is -0.317. The fraction of sp³-hybridized carbons (Fsp3) is 0.400. The summed E-state index contributed by atoms with van der Waals surface area (Å²) in [5, 5.41) is 2.84. The summed E-state index contributed by atoms with van der Waals surface area (Å²) in [5.41, 5.74) is 3.35. The van der Waals surface area contributed by atoms with E-state index in [1.807, 2.05) is 54.0 Å². The van der Waals surface area contributed by atoms with Crippen molar-refractivity contribution in [1.29, 1.82) is 0 Å². The van der Waals surface area contributed by atoms with Crippen LogP contribution in [0.5, 0.6) is 0 Å². The van der Waals surface area contributed by atoms with Gasteiger partial charge in [0.2, 0.25) is 21.8 Å². The number of aromatic nitrogens is 2. The molecule has 10 heteroatoms. The Morgan fingerprint density at radius 1 is 1.03 bits per heavy atom. The molecule has 4 rings (SSSR count). The highest BCUT2D eigenvalue weighted by molar-refractivity contribution is 7.89. The minimum atomic E-state index is -3.61. The highest BCUT2D eigenvalue weighted by Gasteiger charge is 2.31. The summed E-state index contributed by atoms with van der Waals surface area (Å²) < 4.78 is 29.5. The number of hydrogen-bond donors (Lipinski definition) is 1. The maximum atomic E-state index is 13.1. The maximum Gasteiger partial charge on any atom is 0.243 e. The molecular weight excluding hydrogens is 466 g/mol. The molecule has 3 heterocycles. The number of hydrogen-bond acceptors (Lipinski definition) is 5. The summed E-state index contributed by atoms with van der Waals surface area (Å²) in [6.45, 7) is 5.22. The lowest BCUT2D eigenvalue weighted by Crippen LogP contribution is -2.50. The number of aryl methyl sites for hydroxylation is 2. The van der Waals surface area contributed by atoms with Crippen LogP contribution in [0.1, 0.15) is 29.7 Å². The van der Waals surface area contributed by atoms with E-state index in [4.69, 9.17) is 0 Å². The Morgan fingerprint density at radius 3 is 2.54 bits per heavy atom. The third-order valence-corrected chi connectivity index (χ3v) is 8.28. The molecule has 0 aliphatic carbocycles. The first-order valence-corrected chi connectivity index (χ1v) is 13.2. The molecule has 35 heavy (non-hydrogen) atoms. The van der Waals surface area contributed by atoms with Gasteiger partial charge in [-0.1, -0.05) is 18.2 Å². The lowest BCUT2D eigenvalue weighted by Gasteiger charge is -2.34. The first-order chi connectivity index (χ1) is 16.7. The Bertz CT molecular complexity index is 1290. The van der Waals surface area contributed by atoms with Crippen LogP contribution in [0.3, 0.4) is 0 Å². The lowest BCUT2D eigenvalue weighted by molar-refractivity contribution is -0.134. The minimum Gasteiger partial charge on any atom is -0.356 e. The van der Waals surface area contributed by atoms with Crippen molar-refractivity contribution in [1.82, 2.24) is 23.9 Å². The van der Waals surface area contributed by atoms with Crippen molar-refractivity contribution in [2.45, 2.75) is 38.0 Å². The summed E-state index contributed by atoms with van der Waals surface area (Å²) in [7, 11) is -3.61. The van der Waals surface area contributed by atoms with Crippen molar-refractivity contribution in [3.8, 4) is 0 Å². The Morgan fingerprint density at radius 2 is 1.80 bits per heavy atom. The Balaban J connectivity index is 1.20. The summed E-state index contributed by atoms with van der Waals surface area (Å²) in [6, 6.07) is 11.2. The normalized spacial score (nSPS) is 14.9. The minimum absolute atomic E-state index is 0.101. The van der Waals surface area contributed by atoms with Gasteiger partial charge in [-0.05, 0) is 43.2 Å². The molecule has 0 atom stereocenters. The molecule has 0 spiro atoms. The van der Waals surface area contributed by atoms with E-state index in [1.165, 1.54) is 4.31 Å². The van der Waals surface area contributed by atoms with Crippen molar-refractivity contribution < 1.29 is 18.0 Å². The molecule has 0 radical (unpaired) electrons. The molecule has 2 aromatic heterocycles. The number of amides is 2. The zero-order valence-electron chi connectivity index (χ0n) is 20.1. The first kappa shape index (κ1) is 24.9. The van der Waals surface area contributed by atoms with E-state index < -0.39 is 10.0 Å². The highest BCUT2D eigenvalue weighted by atomic mass is 32.2. The quantitative estimate of drug-likeness (QED) is 0.512. The number of fused-ring (bicyclic) bond motifs is 1. The second-order valence-electron chi connectivity index (χ2n) is 8.85. The van der Waals surface area contributed by atoms with Crippen molar-refractivity contribution in [2.24, 2.45) is 0 Å². The maximum absolute atomic E-state index is 13.1. The van der Waals surface area contributed by atoms with Crippen LogP contribution in [-0.2, 0) is 26.0 Å². The monoisotopic (exact) mass is 497 g/mol. The van der Waals surface area contributed by atoms with Gasteiger partial charge in [0.05, 0.1) is 10.6 Å². The fourth-order valence-electron chi connectivity index (χ4n) is 4.21. The summed E-state index contributed by atoms with van der Waals surface area (Å²) in [6.07, 6.45) is 4.67. The van der Waals surface area contributed by atoms with E-state index in [0.29, 0.717) is 36.5 Å². The van der Waals surface area contributed by atoms with Gasteiger partial charge in [0.1, 0.15) is 5.65 Å². The predicted octanol–water partition coefficient (Wildman–Crippen LogP) is 1.92.